The van der Waals surface area contributed by atoms with E-state index in [4.69, 9.17) is 4.74 Å². The molecule has 3 aromatic rings. The molecule has 1 nitrogen and oxygen atoms in total. The van der Waals surface area contributed by atoms with Gasteiger partial charge in [-0.1, -0.05) is 42.0 Å². The summed E-state index contributed by atoms with van der Waals surface area (Å²) >= 11 is 0. The van der Waals surface area contributed by atoms with Crippen LogP contribution in [0.5, 0.6) is 5.75 Å². The molecule has 19 heavy (non-hydrogen) atoms. The highest BCUT2D eigenvalue weighted by atomic mass is 16.5. The summed E-state index contributed by atoms with van der Waals surface area (Å²) in [6.07, 6.45) is 0.175. The second-order valence-electron chi connectivity index (χ2n) is 5.32. The Labute approximate surface area is 113 Å². The Morgan fingerprint density at radius 2 is 1.58 bits per heavy atom. The van der Waals surface area contributed by atoms with E-state index >= 15 is 0 Å². The van der Waals surface area contributed by atoms with Crippen LogP contribution in [0.1, 0.15) is 19.4 Å². The molecule has 0 unspecified atom stereocenters. The van der Waals surface area contributed by atoms with E-state index < -0.39 is 0 Å². The highest BCUT2D eigenvalue weighted by Crippen LogP contribution is 2.35. The number of fused-ring (bicyclic) bond motifs is 2. The van der Waals surface area contributed by atoms with Crippen LogP contribution in [0.25, 0.3) is 21.5 Å². The molecule has 0 aliphatic rings. The largest absolute Gasteiger partial charge is 0.490 e. The minimum Gasteiger partial charge on any atom is -0.490 e. The maximum Gasteiger partial charge on any atom is 0.135 e. The van der Waals surface area contributed by atoms with Crippen molar-refractivity contribution in [2.45, 2.75) is 26.9 Å². The number of ether oxygens (including phenoxy) is 1. The Kier molecular flexibility index (Phi) is 2.90. The average molecular weight is 250 g/mol. The van der Waals surface area contributed by atoms with Crippen LogP contribution in [0.3, 0.4) is 0 Å². The molecule has 0 radical (unpaired) electrons. The predicted octanol–water partition coefficient (Wildman–Crippen LogP) is 5.09. The smallest absolute Gasteiger partial charge is 0.135 e. The fourth-order valence-electron chi connectivity index (χ4n) is 2.50. The molecule has 3 aromatic carbocycles. The summed E-state index contributed by atoms with van der Waals surface area (Å²) in [5.74, 6) is 1.01. The first kappa shape index (κ1) is 12.0. The van der Waals surface area contributed by atoms with Crippen molar-refractivity contribution in [1.82, 2.24) is 0 Å². The monoisotopic (exact) mass is 250 g/mol. The van der Waals surface area contributed by atoms with E-state index in [0.717, 1.165) is 5.75 Å². The average Bonchev–Trinajstić information content (AvgIpc) is 2.39. The highest BCUT2D eigenvalue weighted by Gasteiger charge is 2.10. The van der Waals surface area contributed by atoms with Gasteiger partial charge in [0.15, 0.2) is 0 Å². The summed E-state index contributed by atoms with van der Waals surface area (Å²) in [6.45, 7) is 6.26. The van der Waals surface area contributed by atoms with Crippen LogP contribution in [0.15, 0.2) is 48.5 Å². The van der Waals surface area contributed by atoms with Gasteiger partial charge in [-0.3, -0.25) is 0 Å². The molecular weight excluding hydrogens is 232 g/mol. The molecule has 3 rings (SSSR count). The third-order valence-electron chi connectivity index (χ3n) is 3.32. The lowest BCUT2D eigenvalue weighted by atomic mass is 10.0. The summed E-state index contributed by atoms with van der Waals surface area (Å²) in [5, 5.41) is 4.86. The summed E-state index contributed by atoms with van der Waals surface area (Å²) in [7, 11) is 0. The first-order valence-corrected chi connectivity index (χ1v) is 6.74. The Hall–Kier alpha value is -2.02. The number of aryl methyl sites for hydroxylation is 1. The van der Waals surface area contributed by atoms with Gasteiger partial charge < -0.3 is 4.74 Å². The molecular formula is C18H18O. The van der Waals surface area contributed by atoms with Gasteiger partial charge in [0.05, 0.1) is 6.10 Å². The van der Waals surface area contributed by atoms with Gasteiger partial charge >= 0.3 is 0 Å². The lowest BCUT2D eigenvalue weighted by Crippen LogP contribution is -2.06. The van der Waals surface area contributed by atoms with Crippen molar-refractivity contribution in [3.8, 4) is 5.75 Å². The summed E-state index contributed by atoms with van der Waals surface area (Å²) in [6, 6.07) is 17.2. The Balaban J connectivity index is 2.42. The first-order chi connectivity index (χ1) is 9.15. The van der Waals surface area contributed by atoms with E-state index in [1.807, 2.05) is 0 Å². The van der Waals surface area contributed by atoms with Crippen molar-refractivity contribution in [1.29, 1.82) is 0 Å². The van der Waals surface area contributed by atoms with Crippen LogP contribution >= 0.6 is 0 Å². The summed E-state index contributed by atoms with van der Waals surface area (Å²) in [4.78, 5) is 0. The van der Waals surface area contributed by atoms with Crippen LogP contribution in [0, 0.1) is 6.92 Å². The maximum atomic E-state index is 6.10. The zero-order valence-corrected chi connectivity index (χ0v) is 11.6. The van der Waals surface area contributed by atoms with E-state index in [2.05, 4.69) is 69.3 Å². The van der Waals surface area contributed by atoms with E-state index in [1.165, 1.54) is 27.1 Å². The molecule has 0 N–H and O–H groups in total. The van der Waals surface area contributed by atoms with Crippen LogP contribution in [0.4, 0.5) is 0 Å². The molecule has 0 saturated carbocycles. The van der Waals surface area contributed by atoms with Crippen LogP contribution in [-0.2, 0) is 0 Å². The molecule has 0 fully saturated rings. The van der Waals surface area contributed by atoms with E-state index in [9.17, 15) is 0 Å². The van der Waals surface area contributed by atoms with Gasteiger partial charge in [0.25, 0.3) is 0 Å². The molecule has 0 aliphatic carbocycles. The number of hydrogen-bond acceptors (Lipinski definition) is 1. The quantitative estimate of drug-likeness (QED) is 0.576. The lowest BCUT2D eigenvalue weighted by Gasteiger charge is -2.16. The van der Waals surface area contributed by atoms with Gasteiger partial charge in [-0.05, 0) is 43.7 Å². The van der Waals surface area contributed by atoms with Gasteiger partial charge in [-0.15, -0.1) is 0 Å². The molecule has 96 valence electrons. The fourth-order valence-corrected chi connectivity index (χ4v) is 2.50. The molecule has 0 amide bonds. The molecule has 0 atom stereocenters. The van der Waals surface area contributed by atoms with Crippen molar-refractivity contribution in [2.24, 2.45) is 0 Å². The zero-order chi connectivity index (χ0) is 13.4. The second kappa shape index (κ2) is 4.58. The third-order valence-corrected chi connectivity index (χ3v) is 3.32. The molecule has 0 aromatic heterocycles. The van der Waals surface area contributed by atoms with Crippen LogP contribution in [0.2, 0.25) is 0 Å². The third kappa shape index (κ3) is 2.17. The van der Waals surface area contributed by atoms with Gasteiger partial charge in [-0.2, -0.15) is 0 Å². The summed E-state index contributed by atoms with van der Waals surface area (Å²) < 4.78 is 6.10. The van der Waals surface area contributed by atoms with E-state index in [-0.39, 0.29) is 6.10 Å². The Morgan fingerprint density at radius 1 is 0.842 bits per heavy atom. The maximum absolute atomic E-state index is 6.10. The highest BCUT2D eigenvalue weighted by molar-refractivity contribution is 6.05. The normalized spacial score (nSPS) is 11.4. The first-order valence-electron chi connectivity index (χ1n) is 6.74. The number of benzene rings is 3. The van der Waals surface area contributed by atoms with Crippen molar-refractivity contribution in [3.05, 3.63) is 54.1 Å². The van der Waals surface area contributed by atoms with E-state index in [1.54, 1.807) is 0 Å². The van der Waals surface area contributed by atoms with Gasteiger partial charge in [0, 0.05) is 10.8 Å². The number of rotatable bonds is 2. The van der Waals surface area contributed by atoms with Crippen LogP contribution in [-0.4, -0.2) is 6.10 Å². The molecule has 0 spiro atoms. The molecule has 0 aliphatic heterocycles. The van der Waals surface area contributed by atoms with Gasteiger partial charge in [0.1, 0.15) is 5.75 Å². The van der Waals surface area contributed by atoms with Gasteiger partial charge in [0.2, 0.25) is 0 Å². The van der Waals surface area contributed by atoms with Crippen molar-refractivity contribution in [3.63, 3.8) is 0 Å². The second-order valence-corrected chi connectivity index (χ2v) is 5.32. The zero-order valence-electron chi connectivity index (χ0n) is 11.6. The van der Waals surface area contributed by atoms with Gasteiger partial charge in [-0.25, -0.2) is 0 Å². The molecule has 0 bridgehead atoms. The van der Waals surface area contributed by atoms with Crippen molar-refractivity contribution in [2.75, 3.05) is 0 Å². The molecule has 1 heteroatoms. The number of hydrogen-bond donors (Lipinski definition) is 0. The van der Waals surface area contributed by atoms with E-state index in [0.29, 0.717) is 0 Å². The molecule has 0 saturated heterocycles. The standard InChI is InChI=1S/C18H18O/c1-12(2)19-18-16-7-5-4-6-14(16)11-15-9-8-13(3)10-17(15)18/h4-12H,1-3H3. The topological polar surface area (TPSA) is 9.23 Å². The Morgan fingerprint density at radius 3 is 2.37 bits per heavy atom. The van der Waals surface area contributed by atoms with Crippen molar-refractivity contribution >= 4 is 21.5 Å². The Bertz CT molecular complexity index is 741. The van der Waals surface area contributed by atoms with Crippen LogP contribution < -0.4 is 4.74 Å². The molecule has 0 heterocycles. The lowest BCUT2D eigenvalue weighted by molar-refractivity contribution is 0.248. The van der Waals surface area contributed by atoms with Crippen molar-refractivity contribution < 1.29 is 4.74 Å². The SMILES string of the molecule is Cc1ccc2cc3ccccc3c(OC(C)C)c2c1. The summed E-state index contributed by atoms with van der Waals surface area (Å²) in [5.41, 5.74) is 1.26. The fraction of sp³-hybridized carbons (Fsp3) is 0.222. The minimum atomic E-state index is 0.175. The minimum absolute atomic E-state index is 0.175. The predicted molar refractivity (Wildman–Crippen MR) is 82.0 cm³/mol.